The molecule has 3 heterocycles. The van der Waals surface area contributed by atoms with E-state index in [4.69, 9.17) is 24.8 Å². The van der Waals surface area contributed by atoms with Crippen LogP contribution in [0, 0.1) is 5.92 Å². The van der Waals surface area contributed by atoms with Crippen molar-refractivity contribution in [3.05, 3.63) is 36.0 Å². The highest BCUT2D eigenvalue weighted by molar-refractivity contribution is 5.87. The van der Waals surface area contributed by atoms with Gasteiger partial charge in [0.25, 0.3) is 0 Å². The van der Waals surface area contributed by atoms with Crippen LogP contribution in [0.1, 0.15) is 60.3 Å². The molecule has 0 aromatic heterocycles. The predicted molar refractivity (Wildman–Crippen MR) is 147 cm³/mol. The molecule has 0 aromatic carbocycles. The van der Waals surface area contributed by atoms with Crippen LogP contribution in [0.15, 0.2) is 36.0 Å². The van der Waals surface area contributed by atoms with Gasteiger partial charge in [-0.1, -0.05) is 30.7 Å². The summed E-state index contributed by atoms with van der Waals surface area (Å²) < 4.78 is 22.9. The van der Waals surface area contributed by atoms with Crippen molar-refractivity contribution in [2.75, 3.05) is 13.7 Å². The molecule has 4 N–H and O–H groups in total. The number of esters is 1. The fraction of sp³-hybridized carbons (Fsp3) is 0.690. The van der Waals surface area contributed by atoms with Crippen LogP contribution in [0.3, 0.4) is 0 Å². The first-order valence-electron chi connectivity index (χ1n) is 13.9. The maximum Gasteiger partial charge on any atom is 0.303 e. The van der Waals surface area contributed by atoms with Crippen molar-refractivity contribution >= 4 is 17.8 Å². The fourth-order valence-electron chi connectivity index (χ4n) is 5.23. The predicted octanol–water partition coefficient (Wildman–Crippen LogP) is 1.69. The molecular weight excluding hydrogens is 518 g/mol. The summed E-state index contributed by atoms with van der Waals surface area (Å²) in [5.41, 5.74) is 0.333. The van der Waals surface area contributed by atoms with Crippen molar-refractivity contribution in [1.82, 2.24) is 10.3 Å². The molecule has 0 bridgehead atoms. The summed E-state index contributed by atoms with van der Waals surface area (Å²) in [6.07, 6.45) is 8.36. The first kappa shape index (κ1) is 32.0. The SMILES string of the molecule is CC(=O)O[C@@H](C)/C=C\C(=O)N[C@@H]1C[C@H](C)[C@H](C/C=C(C)/C=C/[C@H]2O[C@H](CC(=O)N(C)N)C[C@@]3(CO3)[C@@H]2O)O[C@@H]1C. The van der Waals surface area contributed by atoms with E-state index in [9.17, 15) is 19.5 Å². The van der Waals surface area contributed by atoms with Gasteiger partial charge in [0, 0.05) is 26.5 Å². The van der Waals surface area contributed by atoms with E-state index in [1.165, 1.54) is 20.0 Å². The summed E-state index contributed by atoms with van der Waals surface area (Å²) in [5, 5.41) is 14.8. The molecule has 9 atom stereocenters. The summed E-state index contributed by atoms with van der Waals surface area (Å²) in [6, 6.07) is -0.127. The van der Waals surface area contributed by atoms with E-state index in [1.807, 2.05) is 26.0 Å². The molecule has 0 aliphatic carbocycles. The topological polar surface area (TPSA) is 153 Å². The second kappa shape index (κ2) is 13.9. The fourth-order valence-corrected chi connectivity index (χ4v) is 5.23. The van der Waals surface area contributed by atoms with Crippen molar-refractivity contribution in [2.24, 2.45) is 11.8 Å². The van der Waals surface area contributed by atoms with Crippen LogP contribution in [0.25, 0.3) is 0 Å². The molecule has 0 unspecified atom stereocenters. The first-order chi connectivity index (χ1) is 18.8. The largest absolute Gasteiger partial charge is 0.459 e. The molecule has 40 heavy (non-hydrogen) atoms. The summed E-state index contributed by atoms with van der Waals surface area (Å²) in [5.74, 6) is 4.88. The number of rotatable bonds is 10. The van der Waals surface area contributed by atoms with Crippen LogP contribution in [0.2, 0.25) is 0 Å². The van der Waals surface area contributed by atoms with Gasteiger partial charge in [-0.2, -0.15) is 0 Å². The van der Waals surface area contributed by atoms with E-state index in [-0.39, 0.29) is 48.5 Å². The number of nitrogens with one attached hydrogen (secondary N) is 1. The Kier molecular flexibility index (Phi) is 11.1. The molecule has 3 rings (SSSR count). The van der Waals surface area contributed by atoms with Gasteiger partial charge in [-0.15, -0.1) is 0 Å². The summed E-state index contributed by atoms with van der Waals surface area (Å²) >= 11 is 0. The zero-order valence-electron chi connectivity index (χ0n) is 24.4. The van der Waals surface area contributed by atoms with Gasteiger partial charge in [-0.25, -0.2) is 5.84 Å². The second-order valence-corrected chi connectivity index (χ2v) is 11.4. The summed E-state index contributed by atoms with van der Waals surface area (Å²) in [7, 11) is 1.50. The Balaban J connectivity index is 1.51. The van der Waals surface area contributed by atoms with E-state index >= 15 is 0 Å². The van der Waals surface area contributed by atoms with Gasteiger partial charge in [0.05, 0.1) is 37.4 Å². The first-order valence-corrected chi connectivity index (χ1v) is 13.9. The number of hydrogen-bond acceptors (Lipinski definition) is 9. The van der Waals surface area contributed by atoms with E-state index < -0.39 is 29.9 Å². The Morgan fingerprint density at radius 3 is 2.55 bits per heavy atom. The van der Waals surface area contributed by atoms with E-state index in [2.05, 4.69) is 18.3 Å². The van der Waals surface area contributed by atoms with E-state index in [1.54, 1.807) is 13.0 Å². The lowest BCUT2D eigenvalue weighted by Crippen LogP contribution is -2.51. The molecule has 0 saturated carbocycles. The summed E-state index contributed by atoms with van der Waals surface area (Å²) in [6.45, 7) is 9.50. The highest BCUT2D eigenvalue weighted by Crippen LogP contribution is 2.43. The van der Waals surface area contributed by atoms with E-state index in [0.29, 0.717) is 19.4 Å². The maximum atomic E-state index is 12.4. The second-order valence-electron chi connectivity index (χ2n) is 11.4. The molecule has 0 aromatic rings. The molecule has 3 saturated heterocycles. The van der Waals surface area contributed by atoms with Gasteiger partial charge in [-0.05, 0) is 45.6 Å². The molecule has 0 radical (unpaired) electrons. The summed E-state index contributed by atoms with van der Waals surface area (Å²) in [4.78, 5) is 35.4. The molecule has 11 heteroatoms. The number of aliphatic hydroxyl groups is 1. The van der Waals surface area contributed by atoms with Gasteiger partial charge in [0.2, 0.25) is 11.8 Å². The van der Waals surface area contributed by atoms with Crippen LogP contribution in [0.4, 0.5) is 0 Å². The normalized spacial score (nSPS) is 35.1. The zero-order chi connectivity index (χ0) is 29.6. The van der Waals surface area contributed by atoms with Crippen LogP contribution < -0.4 is 11.2 Å². The number of ether oxygens (including phenoxy) is 4. The molecule has 2 amide bonds. The smallest absolute Gasteiger partial charge is 0.303 e. The minimum absolute atomic E-state index is 0.00525. The molecule has 1 spiro atoms. The number of aliphatic hydroxyl groups excluding tert-OH is 1. The minimum atomic E-state index is -0.812. The lowest BCUT2D eigenvalue weighted by Gasteiger charge is -2.39. The number of carbonyl (C=O) groups excluding carboxylic acids is 3. The average molecular weight is 564 g/mol. The van der Waals surface area contributed by atoms with E-state index in [0.717, 1.165) is 17.0 Å². The number of nitrogens with two attached hydrogens (primary N) is 1. The highest BCUT2D eigenvalue weighted by atomic mass is 16.6. The Morgan fingerprint density at radius 1 is 1.23 bits per heavy atom. The average Bonchev–Trinajstić information content (AvgIpc) is 3.64. The van der Waals surface area contributed by atoms with Crippen molar-refractivity contribution in [3.63, 3.8) is 0 Å². The number of epoxide rings is 1. The van der Waals surface area contributed by atoms with Crippen LogP contribution in [0.5, 0.6) is 0 Å². The van der Waals surface area contributed by atoms with Crippen molar-refractivity contribution in [1.29, 1.82) is 0 Å². The Bertz CT molecular complexity index is 1010. The van der Waals surface area contributed by atoms with Crippen LogP contribution >= 0.6 is 0 Å². The van der Waals surface area contributed by atoms with Gasteiger partial charge in [0.15, 0.2) is 0 Å². The number of hydrogen-bond donors (Lipinski definition) is 3. The van der Waals surface area contributed by atoms with Gasteiger partial charge < -0.3 is 29.4 Å². The molecule has 11 nitrogen and oxygen atoms in total. The Labute approximate surface area is 236 Å². The number of hydrazine groups is 1. The lowest BCUT2D eigenvalue weighted by atomic mass is 9.87. The number of allylic oxidation sites excluding steroid dienone is 2. The third-order valence-electron chi connectivity index (χ3n) is 7.72. The quantitative estimate of drug-likeness (QED) is 0.0685. The molecule has 224 valence electrons. The van der Waals surface area contributed by atoms with Gasteiger partial charge in [0.1, 0.15) is 23.9 Å². The Morgan fingerprint density at radius 2 is 1.93 bits per heavy atom. The number of amides is 2. The number of carbonyl (C=O) groups is 3. The Hall–Kier alpha value is -2.57. The van der Waals surface area contributed by atoms with Crippen LogP contribution in [-0.2, 0) is 33.3 Å². The van der Waals surface area contributed by atoms with Crippen molar-refractivity contribution < 1.29 is 38.4 Å². The lowest BCUT2D eigenvalue weighted by molar-refractivity contribution is -0.150. The zero-order valence-corrected chi connectivity index (χ0v) is 24.4. The highest BCUT2D eigenvalue weighted by Gasteiger charge is 2.58. The third kappa shape index (κ3) is 8.97. The minimum Gasteiger partial charge on any atom is -0.459 e. The maximum absolute atomic E-state index is 12.4. The van der Waals surface area contributed by atoms with Gasteiger partial charge >= 0.3 is 5.97 Å². The molecular formula is C29H45N3O8. The monoisotopic (exact) mass is 563 g/mol. The van der Waals surface area contributed by atoms with Crippen molar-refractivity contribution in [2.45, 2.75) is 109 Å². The molecule has 3 aliphatic heterocycles. The third-order valence-corrected chi connectivity index (χ3v) is 7.72. The van der Waals surface area contributed by atoms with Gasteiger partial charge in [-0.3, -0.25) is 19.4 Å². The van der Waals surface area contributed by atoms with Crippen molar-refractivity contribution in [3.8, 4) is 0 Å². The van der Waals surface area contributed by atoms with Crippen LogP contribution in [-0.4, -0.2) is 89.8 Å². The molecule has 3 fully saturated rings. The standard InChI is InChI=1S/C29H45N3O8/c1-17(8-11-25-28(36)29(16-37-29)15-22(40-25)14-27(35)32(6)30)7-10-24-18(2)13-23(20(4)39-24)31-26(34)12-9-19(3)38-21(5)33/h7-9,11-12,18-20,22-25,28,36H,10,13-16,30H2,1-6H3,(H,31,34)/b11-8+,12-9-,17-7+/t18-,19-,20+,22+,23+,24-,25+,28+,29+/m0/s1. The molecule has 3 aliphatic rings. The number of nitrogens with zero attached hydrogens (tertiary/aromatic N) is 1.